The number of hydrogen-bond acceptors (Lipinski definition) is 4. The van der Waals surface area contributed by atoms with E-state index in [0.717, 1.165) is 50.2 Å². The maximum Gasteiger partial charge on any atom is 0.417 e. The Morgan fingerprint density at radius 2 is 1.38 bits per heavy atom. The van der Waals surface area contributed by atoms with Crippen molar-refractivity contribution < 1.29 is 22.3 Å². The molecule has 0 spiro atoms. The van der Waals surface area contributed by atoms with E-state index in [0.29, 0.717) is 5.89 Å². The summed E-state index contributed by atoms with van der Waals surface area (Å²) in [6.45, 7) is 0.176. The molecular weight excluding hydrogens is 477 g/mol. The molecule has 3 aliphatic carbocycles. The van der Waals surface area contributed by atoms with Gasteiger partial charge in [0.2, 0.25) is 11.8 Å². The Labute approximate surface area is 213 Å². The largest absolute Gasteiger partial charge is 0.489 e. The van der Waals surface area contributed by atoms with Crippen molar-refractivity contribution in [2.24, 2.45) is 0 Å². The summed E-state index contributed by atoms with van der Waals surface area (Å²) >= 11 is 0. The minimum Gasteiger partial charge on any atom is -0.489 e. The van der Waals surface area contributed by atoms with Gasteiger partial charge in [-0.05, 0) is 73.3 Å². The predicted octanol–water partition coefficient (Wildman–Crippen LogP) is 7.88. The van der Waals surface area contributed by atoms with Gasteiger partial charge in [-0.2, -0.15) is 13.2 Å². The highest BCUT2D eigenvalue weighted by Crippen LogP contribution is 2.58. The molecule has 0 amide bonds. The molecule has 0 saturated heterocycles. The zero-order valence-electron chi connectivity index (χ0n) is 20.3. The molecule has 7 rings (SSSR count). The summed E-state index contributed by atoms with van der Waals surface area (Å²) in [6, 6.07) is 23.8. The highest BCUT2D eigenvalue weighted by Gasteiger charge is 2.52. The molecule has 4 aromatic rings. The molecule has 0 unspecified atom stereocenters. The fourth-order valence-corrected chi connectivity index (χ4v) is 6.05. The van der Waals surface area contributed by atoms with Crippen LogP contribution in [-0.2, 0) is 23.6 Å². The van der Waals surface area contributed by atoms with Crippen molar-refractivity contribution in [2.45, 2.75) is 62.1 Å². The van der Waals surface area contributed by atoms with Crippen molar-refractivity contribution in [3.8, 4) is 17.2 Å². The van der Waals surface area contributed by atoms with E-state index in [1.165, 1.54) is 17.7 Å². The van der Waals surface area contributed by atoms with E-state index in [9.17, 15) is 13.2 Å². The topological polar surface area (TPSA) is 48.2 Å². The van der Waals surface area contributed by atoms with Crippen molar-refractivity contribution in [2.75, 3.05) is 0 Å². The van der Waals surface area contributed by atoms with Crippen LogP contribution in [0, 0.1) is 0 Å². The molecule has 4 nitrogen and oxygen atoms in total. The van der Waals surface area contributed by atoms with Gasteiger partial charge in [0.1, 0.15) is 12.4 Å². The number of benzene rings is 3. The fourth-order valence-electron chi connectivity index (χ4n) is 6.05. The highest BCUT2D eigenvalue weighted by atomic mass is 19.4. The van der Waals surface area contributed by atoms with Gasteiger partial charge in [-0.3, -0.25) is 0 Å². The van der Waals surface area contributed by atoms with E-state index in [2.05, 4.69) is 34.5 Å². The first-order valence-electron chi connectivity index (χ1n) is 12.6. The number of aromatic nitrogens is 2. The van der Waals surface area contributed by atoms with Gasteiger partial charge >= 0.3 is 6.18 Å². The molecule has 0 aliphatic heterocycles. The molecule has 3 aromatic carbocycles. The van der Waals surface area contributed by atoms with E-state index in [4.69, 9.17) is 9.15 Å². The first-order chi connectivity index (χ1) is 17.9. The van der Waals surface area contributed by atoms with Crippen LogP contribution in [0.25, 0.3) is 11.5 Å². The third kappa shape index (κ3) is 4.41. The van der Waals surface area contributed by atoms with Gasteiger partial charge in [-0.1, -0.05) is 60.7 Å². The molecule has 3 aliphatic rings. The van der Waals surface area contributed by atoms with Crippen LogP contribution in [0.15, 0.2) is 83.3 Å². The number of nitrogens with zero attached hydrogens (tertiary/aromatic N) is 2. The fraction of sp³-hybridized carbons (Fsp3) is 0.333. The normalized spacial score (nSPS) is 23.2. The number of hydrogen-bond donors (Lipinski definition) is 0. The lowest BCUT2D eigenvalue weighted by Crippen LogP contribution is -2.46. The SMILES string of the molecule is FC(F)(F)c1cc(OCc2ccccc2)ccc1-c1nnc(C23CCC(c4ccccc4)(CC2)CC3)o1. The molecule has 3 saturated carbocycles. The second kappa shape index (κ2) is 9.05. The minimum atomic E-state index is -4.60. The molecule has 37 heavy (non-hydrogen) atoms. The van der Waals surface area contributed by atoms with Crippen LogP contribution in [0.3, 0.4) is 0 Å². The number of alkyl halides is 3. The minimum absolute atomic E-state index is 0.100. The number of ether oxygens (including phenoxy) is 1. The van der Waals surface area contributed by atoms with Crippen molar-refractivity contribution in [3.05, 3.63) is 101 Å². The number of fused-ring (bicyclic) bond motifs is 3. The van der Waals surface area contributed by atoms with Gasteiger partial charge in [-0.25, -0.2) is 0 Å². The third-order valence-electron chi connectivity index (χ3n) is 8.29. The summed E-state index contributed by atoms with van der Waals surface area (Å²) in [6.07, 6.45) is 1.10. The van der Waals surface area contributed by atoms with Gasteiger partial charge in [0, 0.05) is 5.41 Å². The van der Waals surface area contributed by atoms with Crippen LogP contribution in [0.5, 0.6) is 5.75 Å². The second-order valence-electron chi connectivity index (χ2n) is 10.3. The van der Waals surface area contributed by atoms with Gasteiger partial charge < -0.3 is 9.15 Å². The Morgan fingerprint density at radius 1 is 0.757 bits per heavy atom. The van der Waals surface area contributed by atoms with E-state index in [1.54, 1.807) is 0 Å². The quantitative estimate of drug-likeness (QED) is 0.268. The summed E-state index contributed by atoms with van der Waals surface area (Å²) < 4.78 is 53.8. The third-order valence-corrected chi connectivity index (χ3v) is 8.29. The first-order valence-corrected chi connectivity index (χ1v) is 12.6. The second-order valence-corrected chi connectivity index (χ2v) is 10.3. The van der Waals surface area contributed by atoms with Gasteiger partial charge in [0.25, 0.3) is 0 Å². The number of rotatable bonds is 6. The Balaban J connectivity index is 1.24. The summed E-state index contributed by atoms with van der Waals surface area (Å²) in [5.41, 5.74) is 1.18. The zero-order chi connectivity index (χ0) is 25.5. The average molecular weight is 505 g/mol. The van der Waals surface area contributed by atoms with Crippen molar-refractivity contribution in [1.82, 2.24) is 10.2 Å². The Bertz CT molecular complexity index is 1360. The monoisotopic (exact) mass is 504 g/mol. The summed E-state index contributed by atoms with van der Waals surface area (Å²) in [5, 5.41) is 8.37. The summed E-state index contributed by atoms with van der Waals surface area (Å²) in [7, 11) is 0. The molecule has 0 radical (unpaired) electrons. The van der Waals surface area contributed by atoms with E-state index in [1.807, 2.05) is 36.4 Å². The van der Waals surface area contributed by atoms with Crippen LogP contribution in [0.1, 0.15) is 61.1 Å². The highest BCUT2D eigenvalue weighted by molar-refractivity contribution is 5.61. The number of halogens is 3. The maximum absolute atomic E-state index is 14.0. The van der Waals surface area contributed by atoms with Gasteiger partial charge in [0.05, 0.1) is 11.1 Å². The summed E-state index contributed by atoms with van der Waals surface area (Å²) in [5.74, 6) is 0.494. The predicted molar refractivity (Wildman–Crippen MR) is 133 cm³/mol. The van der Waals surface area contributed by atoms with Crippen LogP contribution < -0.4 is 4.74 Å². The van der Waals surface area contributed by atoms with Crippen LogP contribution in [-0.4, -0.2) is 10.2 Å². The van der Waals surface area contributed by atoms with Gasteiger partial charge in [-0.15, -0.1) is 10.2 Å². The maximum atomic E-state index is 14.0. The van der Waals surface area contributed by atoms with E-state index >= 15 is 0 Å². The molecular formula is C30H27F3N2O2. The van der Waals surface area contributed by atoms with E-state index in [-0.39, 0.29) is 34.6 Å². The molecule has 1 heterocycles. The molecule has 0 N–H and O–H groups in total. The van der Waals surface area contributed by atoms with Crippen molar-refractivity contribution in [3.63, 3.8) is 0 Å². The molecule has 2 bridgehead atoms. The zero-order valence-corrected chi connectivity index (χ0v) is 20.3. The summed E-state index contributed by atoms with van der Waals surface area (Å²) in [4.78, 5) is 0. The molecule has 190 valence electrons. The lowest BCUT2D eigenvalue weighted by molar-refractivity contribution is -0.137. The Morgan fingerprint density at radius 3 is 2.03 bits per heavy atom. The van der Waals surface area contributed by atoms with Gasteiger partial charge in [0.15, 0.2) is 0 Å². The van der Waals surface area contributed by atoms with Crippen LogP contribution in [0.4, 0.5) is 13.2 Å². The Kier molecular flexibility index (Phi) is 5.81. The van der Waals surface area contributed by atoms with Crippen LogP contribution >= 0.6 is 0 Å². The average Bonchev–Trinajstić information content (AvgIpc) is 3.45. The first kappa shape index (κ1) is 23.8. The van der Waals surface area contributed by atoms with Crippen LogP contribution in [0.2, 0.25) is 0 Å². The lowest BCUT2D eigenvalue weighted by Gasteiger charge is -2.52. The molecule has 0 atom stereocenters. The standard InChI is InChI=1S/C30H27F3N2O2/c31-30(32,33)25-19-23(36-20-21-7-3-1-4-8-21)11-12-24(25)26-34-35-27(37-26)29-16-13-28(14-17-29,15-18-29)22-9-5-2-6-10-22/h1-12,19H,13-18,20H2. The van der Waals surface area contributed by atoms with Crippen molar-refractivity contribution in [1.29, 1.82) is 0 Å². The Hall–Kier alpha value is -3.61. The van der Waals surface area contributed by atoms with Crippen molar-refractivity contribution >= 4 is 0 Å². The molecule has 3 fully saturated rings. The molecule has 7 heteroatoms. The smallest absolute Gasteiger partial charge is 0.417 e. The lowest BCUT2D eigenvalue weighted by atomic mass is 9.52. The van der Waals surface area contributed by atoms with E-state index < -0.39 is 11.7 Å². The molecule has 1 aromatic heterocycles.